The molecule has 1 saturated carbocycles. The zero-order valence-electron chi connectivity index (χ0n) is 24.6. The largest absolute Gasteiger partial charge is 0.389 e. The van der Waals surface area contributed by atoms with E-state index in [1.54, 1.807) is 6.07 Å². The highest BCUT2D eigenvalue weighted by atomic mass is 19.3. The first kappa shape index (κ1) is 32.7. The van der Waals surface area contributed by atoms with Crippen LogP contribution in [-0.4, -0.2) is 6.10 Å². The van der Waals surface area contributed by atoms with Gasteiger partial charge in [-0.3, -0.25) is 0 Å². The molecule has 9 heteroatoms. The Morgan fingerprint density at radius 1 is 0.622 bits per heavy atom. The highest BCUT2D eigenvalue weighted by Crippen LogP contribution is 2.41. The summed E-state index contributed by atoms with van der Waals surface area (Å²) >= 11 is 0. The molecule has 1 aliphatic carbocycles. The van der Waals surface area contributed by atoms with Crippen molar-refractivity contribution in [1.82, 2.24) is 0 Å². The van der Waals surface area contributed by atoms with E-state index in [4.69, 9.17) is 4.74 Å². The van der Waals surface area contributed by atoms with Crippen LogP contribution in [0.4, 0.5) is 35.1 Å². The number of ether oxygens (including phenoxy) is 1. The van der Waals surface area contributed by atoms with E-state index in [-0.39, 0.29) is 41.0 Å². The fourth-order valence-electron chi connectivity index (χ4n) is 6.01. The molecule has 0 aromatic heterocycles. The number of rotatable bonds is 10. The van der Waals surface area contributed by atoms with Gasteiger partial charge in [-0.25, -0.2) is 26.3 Å². The number of alkyl halides is 2. The lowest BCUT2D eigenvalue weighted by molar-refractivity contribution is -0.280. The minimum Gasteiger partial charge on any atom is -0.313 e. The maximum absolute atomic E-state index is 15.2. The maximum atomic E-state index is 15.2. The van der Waals surface area contributed by atoms with E-state index in [0.29, 0.717) is 36.8 Å². The Balaban J connectivity index is 1.22. The summed E-state index contributed by atoms with van der Waals surface area (Å²) in [5.74, 6) is -6.35. The zero-order valence-corrected chi connectivity index (χ0v) is 24.6. The van der Waals surface area contributed by atoms with Crippen molar-refractivity contribution in [1.29, 1.82) is 0 Å². The molecule has 4 aromatic rings. The second kappa shape index (κ2) is 13.7. The third-order valence-electron chi connectivity index (χ3n) is 8.43. The molecule has 0 spiro atoms. The van der Waals surface area contributed by atoms with Gasteiger partial charge in [0.2, 0.25) is 0 Å². The Bertz CT molecular complexity index is 1640. The number of unbranched alkanes of at least 4 members (excludes halogenated alkanes) is 2. The van der Waals surface area contributed by atoms with Gasteiger partial charge in [-0.05, 0) is 103 Å². The predicted molar refractivity (Wildman–Crippen MR) is 157 cm³/mol. The topological polar surface area (TPSA) is 9.23 Å². The van der Waals surface area contributed by atoms with Crippen molar-refractivity contribution >= 4 is 0 Å². The molecule has 1 nitrogen and oxygen atoms in total. The molecule has 0 N–H and O–H groups in total. The molecular formula is C36H32F8O. The van der Waals surface area contributed by atoms with Gasteiger partial charge in [-0.1, -0.05) is 50.1 Å². The van der Waals surface area contributed by atoms with Crippen molar-refractivity contribution in [3.05, 3.63) is 118 Å². The minimum atomic E-state index is -4.16. The van der Waals surface area contributed by atoms with Crippen LogP contribution < -0.4 is 0 Å². The fraction of sp³-hybridized carbons (Fsp3) is 0.333. The first-order valence-corrected chi connectivity index (χ1v) is 15.1. The summed E-state index contributed by atoms with van der Waals surface area (Å²) in [6.07, 6.45) is -1.10. The molecule has 1 fully saturated rings. The van der Waals surface area contributed by atoms with Crippen LogP contribution in [0.5, 0.6) is 0 Å². The van der Waals surface area contributed by atoms with Crippen LogP contribution in [0.15, 0.2) is 66.7 Å². The number of halogens is 8. The lowest BCUT2D eigenvalue weighted by Gasteiger charge is -2.31. The Kier molecular flexibility index (Phi) is 9.97. The number of aryl methyl sites for hydroxylation is 1. The van der Waals surface area contributed by atoms with E-state index in [0.717, 1.165) is 43.2 Å². The van der Waals surface area contributed by atoms with E-state index in [1.807, 2.05) is 6.92 Å². The van der Waals surface area contributed by atoms with Crippen LogP contribution in [0.3, 0.4) is 0 Å². The van der Waals surface area contributed by atoms with Crippen molar-refractivity contribution in [3.8, 4) is 22.3 Å². The normalized spacial score (nSPS) is 17.1. The Morgan fingerprint density at radius 2 is 1.20 bits per heavy atom. The summed E-state index contributed by atoms with van der Waals surface area (Å²) in [6.45, 7) is 1.99. The third kappa shape index (κ3) is 7.40. The van der Waals surface area contributed by atoms with Crippen LogP contribution in [-0.2, 0) is 17.3 Å². The average molecular weight is 633 g/mol. The fourth-order valence-corrected chi connectivity index (χ4v) is 6.01. The number of hydrogen-bond donors (Lipinski definition) is 0. The molecule has 0 saturated heterocycles. The van der Waals surface area contributed by atoms with Gasteiger partial charge in [0.05, 0.1) is 6.10 Å². The van der Waals surface area contributed by atoms with Gasteiger partial charge in [0.15, 0.2) is 11.6 Å². The first-order chi connectivity index (χ1) is 21.5. The number of hydrogen-bond acceptors (Lipinski definition) is 1. The lowest BCUT2D eigenvalue weighted by Crippen LogP contribution is -2.31. The Morgan fingerprint density at radius 3 is 1.78 bits per heavy atom. The van der Waals surface area contributed by atoms with Gasteiger partial charge in [0.1, 0.15) is 28.8 Å². The van der Waals surface area contributed by atoms with Gasteiger partial charge >= 0.3 is 6.11 Å². The molecule has 0 atom stereocenters. The molecule has 5 rings (SSSR count). The van der Waals surface area contributed by atoms with Gasteiger partial charge in [-0.2, -0.15) is 8.78 Å². The molecule has 4 aromatic carbocycles. The van der Waals surface area contributed by atoms with Gasteiger partial charge < -0.3 is 4.74 Å². The second-order valence-electron chi connectivity index (χ2n) is 11.6. The summed E-state index contributed by atoms with van der Waals surface area (Å²) in [5.41, 5.74) is 0.107. The summed E-state index contributed by atoms with van der Waals surface area (Å²) in [6, 6.07) is 13.4. The van der Waals surface area contributed by atoms with E-state index >= 15 is 4.39 Å². The van der Waals surface area contributed by atoms with E-state index in [1.165, 1.54) is 30.3 Å². The first-order valence-electron chi connectivity index (χ1n) is 15.1. The maximum Gasteiger partial charge on any atom is 0.389 e. The van der Waals surface area contributed by atoms with E-state index in [2.05, 4.69) is 0 Å². The van der Waals surface area contributed by atoms with Crippen LogP contribution in [0, 0.1) is 34.9 Å². The SMILES string of the molecule is CCCCCc1cc(F)c(C(F)(F)OC2CCC(c3ccc(-c4ccc(-c5ccc(F)c(F)c5)c(F)c4)c(F)c3)CC2)c(F)c1. The molecule has 0 bridgehead atoms. The Labute approximate surface area is 256 Å². The third-order valence-corrected chi connectivity index (χ3v) is 8.43. The van der Waals surface area contributed by atoms with Crippen LogP contribution >= 0.6 is 0 Å². The standard InChI is InChI=1S/C36H32F8O/c1-2-3-4-5-21-16-33(41)35(34(42)17-21)36(43,44)45-26-11-6-22(7-12-26)23-8-13-27(30(38)18-23)24-9-14-28(31(39)19-24)25-10-15-29(37)32(40)20-25/h8-10,13-20,22,26H,2-7,11-12H2,1H3. The van der Waals surface area contributed by atoms with Crippen LogP contribution in [0.1, 0.15) is 74.5 Å². The molecule has 238 valence electrons. The highest BCUT2D eigenvalue weighted by Gasteiger charge is 2.42. The monoisotopic (exact) mass is 632 g/mol. The predicted octanol–water partition coefficient (Wildman–Crippen LogP) is 11.4. The number of benzene rings is 4. The average Bonchev–Trinajstić information content (AvgIpc) is 2.98. The molecule has 0 aliphatic heterocycles. The lowest BCUT2D eigenvalue weighted by atomic mass is 9.82. The highest BCUT2D eigenvalue weighted by molar-refractivity contribution is 5.71. The molecule has 1 aliphatic rings. The van der Waals surface area contributed by atoms with Crippen molar-refractivity contribution in [2.24, 2.45) is 0 Å². The quantitative estimate of drug-likeness (QED) is 0.125. The van der Waals surface area contributed by atoms with Crippen molar-refractivity contribution in [2.75, 3.05) is 0 Å². The van der Waals surface area contributed by atoms with Crippen LogP contribution in [0.2, 0.25) is 0 Å². The zero-order chi connectivity index (χ0) is 32.3. The van der Waals surface area contributed by atoms with E-state index in [9.17, 15) is 30.7 Å². The van der Waals surface area contributed by atoms with Crippen LogP contribution in [0.25, 0.3) is 22.3 Å². The molecule has 0 heterocycles. The van der Waals surface area contributed by atoms with E-state index < -0.39 is 52.7 Å². The summed E-state index contributed by atoms with van der Waals surface area (Å²) < 4.78 is 121. The van der Waals surface area contributed by atoms with Crippen molar-refractivity contribution in [3.63, 3.8) is 0 Å². The molecule has 0 unspecified atom stereocenters. The smallest absolute Gasteiger partial charge is 0.313 e. The summed E-state index contributed by atoms with van der Waals surface area (Å²) in [7, 11) is 0. The second-order valence-corrected chi connectivity index (χ2v) is 11.6. The Hall–Kier alpha value is -3.72. The molecule has 45 heavy (non-hydrogen) atoms. The minimum absolute atomic E-state index is 0.0316. The summed E-state index contributed by atoms with van der Waals surface area (Å²) in [5, 5.41) is 0. The van der Waals surface area contributed by atoms with Crippen molar-refractivity contribution < 1.29 is 39.9 Å². The van der Waals surface area contributed by atoms with Gasteiger partial charge in [-0.15, -0.1) is 0 Å². The van der Waals surface area contributed by atoms with Crippen molar-refractivity contribution in [2.45, 2.75) is 76.4 Å². The van der Waals surface area contributed by atoms with Gasteiger partial charge in [0, 0.05) is 11.1 Å². The summed E-state index contributed by atoms with van der Waals surface area (Å²) in [4.78, 5) is 0. The molecule has 0 amide bonds. The molecule has 0 radical (unpaired) electrons. The van der Waals surface area contributed by atoms with Gasteiger partial charge in [0.25, 0.3) is 0 Å². The molecular weight excluding hydrogens is 600 g/mol.